The molecule has 0 amide bonds. The quantitative estimate of drug-likeness (QED) is 0.839. The summed E-state index contributed by atoms with van der Waals surface area (Å²) in [7, 11) is 0. The lowest BCUT2D eigenvalue weighted by Crippen LogP contribution is -2.33. The molecule has 94 valence electrons. The van der Waals surface area contributed by atoms with Gasteiger partial charge in [-0.1, -0.05) is 0 Å². The molecule has 3 N–H and O–H groups in total. The fraction of sp³-hybridized carbons (Fsp3) is 0.538. The zero-order chi connectivity index (χ0) is 12.3. The van der Waals surface area contributed by atoms with E-state index in [0.29, 0.717) is 19.8 Å². The van der Waals surface area contributed by atoms with E-state index in [1.54, 1.807) is 0 Å². The molecule has 0 saturated carbocycles. The van der Waals surface area contributed by atoms with Crippen molar-refractivity contribution in [2.24, 2.45) is 5.73 Å². The molecule has 1 aromatic carbocycles. The fourth-order valence-electron chi connectivity index (χ4n) is 1.94. The summed E-state index contributed by atoms with van der Waals surface area (Å²) in [6, 6.07) is 5.92. The molecule has 4 nitrogen and oxygen atoms in total. The number of benzene rings is 1. The number of nitrogens with one attached hydrogen (secondary N) is 1. The van der Waals surface area contributed by atoms with Crippen LogP contribution in [0.5, 0.6) is 11.5 Å². The van der Waals surface area contributed by atoms with Gasteiger partial charge in [0, 0.05) is 17.3 Å². The summed E-state index contributed by atoms with van der Waals surface area (Å²) in [5.74, 6) is 1.63. The Labute approximate surface area is 102 Å². The molecule has 0 bridgehead atoms. The molecule has 0 aromatic heterocycles. The Morgan fingerprint density at radius 3 is 2.65 bits per heavy atom. The average molecular weight is 236 g/mol. The van der Waals surface area contributed by atoms with Crippen molar-refractivity contribution in [3.63, 3.8) is 0 Å². The standard InChI is InChI=1S/C13H20N2O2/c1-13(2,5-6-14)15-10-3-4-11-12(9-10)17-8-7-16-11/h3-4,9,15H,5-8,14H2,1-2H3. The molecular weight excluding hydrogens is 216 g/mol. The molecule has 0 radical (unpaired) electrons. The van der Waals surface area contributed by atoms with E-state index >= 15 is 0 Å². The van der Waals surface area contributed by atoms with Gasteiger partial charge in [-0.25, -0.2) is 0 Å². The highest BCUT2D eigenvalue weighted by molar-refractivity contribution is 5.56. The molecule has 0 atom stereocenters. The Hall–Kier alpha value is -1.42. The molecule has 0 unspecified atom stereocenters. The van der Waals surface area contributed by atoms with Gasteiger partial charge in [-0.3, -0.25) is 0 Å². The molecule has 2 rings (SSSR count). The lowest BCUT2D eigenvalue weighted by molar-refractivity contribution is 0.171. The van der Waals surface area contributed by atoms with Crippen LogP contribution in [0, 0.1) is 0 Å². The largest absolute Gasteiger partial charge is 0.486 e. The molecule has 1 aliphatic heterocycles. The number of anilines is 1. The van der Waals surface area contributed by atoms with Crippen molar-refractivity contribution in [2.45, 2.75) is 25.8 Å². The van der Waals surface area contributed by atoms with E-state index in [0.717, 1.165) is 23.6 Å². The topological polar surface area (TPSA) is 56.5 Å². The third-order valence-corrected chi connectivity index (χ3v) is 2.79. The van der Waals surface area contributed by atoms with Crippen molar-refractivity contribution in [1.29, 1.82) is 0 Å². The minimum atomic E-state index is -0.0154. The van der Waals surface area contributed by atoms with Crippen LogP contribution in [-0.4, -0.2) is 25.3 Å². The first-order valence-electron chi connectivity index (χ1n) is 5.99. The number of ether oxygens (including phenoxy) is 2. The summed E-state index contributed by atoms with van der Waals surface area (Å²) >= 11 is 0. The molecule has 0 fully saturated rings. The number of rotatable bonds is 4. The molecule has 0 aliphatic carbocycles. The minimum Gasteiger partial charge on any atom is -0.486 e. The van der Waals surface area contributed by atoms with Crippen molar-refractivity contribution in [1.82, 2.24) is 0 Å². The van der Waals surface area contributed by atoms with Gasteiger partial charge in [0.1, 0.15) is 13.2 Å². The molecule has 1 aliphatic rings. The van der Waals surface area contributed by atoms with Crippen molar-refractivity contribution in [3.8, 4) is 11.5 Å². The maximum Gasteiger partial charge on any atom is 0.163 e. The first kappa shape index (κ1) is 12.0. The maximum atomic E-state index is 5.59. The van der Waals surface area contributed by atoms with E-state index in [-0.39, 0.29) is 5.54 Å². The van der Waals surface area contributed by atoms with Crippen molar-refractivity contribution < 1.29 is 9.47 Å². The Balaban J connectivity index is 2.11. The number of nitrogens with two attached hydrogens (primary N) is 1. The highest BCUT2D eigenvalue weighted by Crippen LogP contribution is 2.33. The van der Waals surface area contributed by atoms with Gasteiger partial charge in [0.25, 0.3) is 0 Å². The first-order valence-corrected chi connectivity index (χ1v) is 5.99. The summed E-state index contributed by atoms with van der Waals surface area (Å²) in [4.78, 5) is 0. The van der Waals surface area contributed by atoms with Gasteiger partial charge in [0.15, 0.2) is 11.5 Å². The second-order valence-electron chi connectivity index (χ2n) is 4.91. The predicted molar refractivity (Wildman–Crippen MR) is 68.8 cm³/mol. The molecular formula is C13H20N2O2. The van der Waals surface area contributed by atoms with Crippen LogP contribution in [0.2, 0.25) is 0 Å². The third-order valence-electron chi connectivity index (χ3n) is 2.79. The van der Waals surface area contributed by atoms with Crippen LogP contribution in [0.15, 0.2) is 18.2 Å². The van der Waals surface area contributed by atoms with Gasteiger partial charge < -0.3 is 20.5 Å². The van der Waals surface area contributed by atoms with E-state index < -0.39 is 0 Å². The third kappa shape index (κ3) is 3.03. The van der Waals surface area contributed by atoms with Gasteiger partial charge in [-0.2, -0.15) is 0 Å². The molecule has 1 heterocycles. The monoisotopic (exact) mass is 236 g/mol. The summed E-state index contributed by atoms with van der Waals surface area (Å²) in [6.45, 7) is 6.18. The SMILES string of the molecule is CC(C)(CCN)Nc1ccc2c(c1)OCCO2. The Morgan fingerprint density at radius 2 is 1.94 bits per heavy atom. The maximum absolute atomic E-state index is 5.59. The number of fused-ring (bicyclic) bond motifs is 1. The van der Waals surface area contributed by atoms with E-state index in [1.807, 2.05) is 18.2 Å². The summed E-state index contributed by atoms with van der Waals surface area (Å²) in [6.07, 6.45) is 0.918. The minimum absolute atomic E-state index is 0.0154. The normalized spacial score (nSPS) is 14.5. The number of hydrogen-bond donors (Lipinski definition) is 2. The Morgan fingerprint density at radius 1 is 1.24 bits per heavy atom. The highest BCUT2D eigenvalue weighted by Gasteiger charge is 2.18. The van der Waals surface area contributed by atoms with Crippen molar-refractivity contribution >= 4 is 5.69 Å². The summed E-state index contributed by atoms with van der Waals surface area (Å²) < 4.78 is 11.0. The predicted octanol–water partition coefficient (Wildman–Crippen LogP) is 2.00. The van der Waals surface area contributed by atoms with E-state index in [4.69, 9.17) is 15.2 Å². The Bertz CT molecular complexity index is 391. The zero-order valence-electron chi connectivity index (χ0n) is 10.5. The first-order chi connectivity index (χ1) is 8.11. The molecule has 0 saturated heterocycles. The Kier molecular flexibility index (Phi) is 3.43. The van der Waals surface area contributed by atoms with Crippen LogP contribution in [0.4, 0.5) is 5.69 Å². The highest BCUT2D eigenvalue weighted by atomic mass is 16.6. The lowest BCUT2D eigenvalue weighted by atomic mass is 10.0. The second-order valence-corrected chi connectivity index (χ2v) is 4.91. The van der Waals surface area contributed by atoms with Crippen molar-refractivity contribution in [2.75, 3.05) is 25.1 Å². The summed E-state index contributed by atoms with van der Waals surface area (Å²) in [5.41, 5.74) is 6.61. The van der Waals surface area contributed by atoms with Crippen LogP contribution in [0.3, 0.4) is 0 Å². The average Bonchev–Trinajstić information content (AvgIpc) is 2.28. The van der Waals surface area contributed by atoms with Crippen LogP contribution in [-0.2, 0) is 0 Å². The molecule has 1 aromatic rings. The van der Waals surface area contributed by atoms with E-state index in [1.165, 1.54) is 0 Å². The molecule has 4 heteroatoms. The molecule has 0 spiro atoms. The van der Waals surface area contributed by atoms with Crippen LogP contribution >= 0.6 is 0 Å². The number of hydrogen-bond acceptors (Lipinski definition) is 4. The smallest absolute Gasteiger partial charge is 0.163 e. The van der Waals surface area contributed by atoms with Crippen LogP contribution in [0.25, 0.3) is 0 Å². The van der Waals surface area contributed by atoms with Gasteiger partial charge in [-0.15, -0.1) is 0 Å². The van der Waals surface area contributed by atoms with Gasteiger partial charge in [-0.05, 0) is 38.9 Å². The van der Waals surface area contributed by atoms with Crippen LogP contribution < -0.4 is 20.5 Å². The van der Waals surface area contributed by atoms with Crippen LogP contribution in [0.1, 0.15) is 20.3 Å². The lowest BCUT2D eigenvalue weighted by Gasteiger charge is -2.28. The fourth-order valence-corrected chi connectivity index (χ4v) is 1.94. The van der Waals surface area contributed by atoms with Crippen molar-refractivity contribution in [3.05, 3.63) is 18.2 Å². The van der Waals surface area contributed by atoms with E-state index in [2.05, 4.69) is 19.2 Å². The second kappa shape index (κ2) is 4.84. The van der Waals surface area contributed by atoms with Gasteiger partial charge in [0.05, 0.1) is 0 Å². The molecule has 17 heavy (non-hydrogen) atoms. The van der Waals surface area contributed by atoms with E-state index in [9.17, 15) is 0 Å². The zero-order valence-corrected chi connectivity index (χ0v) is 10.5. The van der Waals surface area contributed by atoms with Gasteiger partial charge >= 0.3 is 0 Å². The van der Waals surface area contributed by atoms with Gasteiger partial charge in [0.2, 0.25) is 0 Å². The summed E-state index contributed by atoms with van der Waals surface area (Å²) in [5, 5.41) is 3.45.